The summed E-state index contributed by atoms with van der Waals surface area (Å²) in [4.78, 5) is 0. The summed E-state index contributed by atoms with van der Waals surface area (Å²) in [5, 5.41) is 6.33. The van der Waals surface area contributed by atoms with E-state index in [9.17, 15) is 0 Å². The summed E-state index contributed by atoms with van der Waals surface area (Å²) in [5.41, 5.74) is 5.31. The minimum absolute atomic E-state index is 0.507. The van der Waals surface area contributed by atoms with Crippen LogP contribution in [0.25, 0.3) is 10.8 Å². The van der Waals surface area contributed by atoms with Gasteiger partial charge < -0.3 is 5.32 Å². The van der Waals surface area contributed by atoms with E-state index in [4.69, 9.17) is 0 Å². The summed E-state index contributed by atoms with van der Waals surface area (Å²) in [7, 11) is 0. The Bertz CT molecular complexity index is 787. The molecule has 0 aliphatic heterocycles. The first-order valence-corrected chi connectivity index (χ1v) is 8.48. The fourth-order valence-electron chi connectivity index (χ4n) is 3.37. The molecular formula is C22H25N. The van der Waals surface area contributed by atoms with Gasteiger partial charge in [-0.15, -0.1) is 0 Å². The third-order valence-corrected chi connectivity index (χ3v) is 4.79. The number of hydrogen-bond acceptors (Lipinski definition) is 1. The fourth-order valence-corrected chi connectivity index (χ4v) is 3.37. The van der Waals surface area contributed by atoms with Crippen LogP contribution in [0.15, 0.2) is 77.7 Å². The lowest BCUT2D eigenvalue weighted by Crippen LogP contribution is -2.12. The number of benzene rings is 2. The van der Waals surface area contributed by atoms with Crippen molar-refractivity contribution in [1.82, 2.24) is 5.32 Å². The minimum atomic E-state index is 0.507. The van der Waals surface area contributed by atoms with Crippen LogP contribution in [0.2, 0.25) is 0 Å². The molecule has 0 amide bonds. The summed E-state index contributed by atoms with van der Waals surface area (Å²) in [6.07, 6.45) is 9.01. The van der Waals surface area contributed by atoms with E-state index in [0.29, 0.717) is 5.92 Å². The quantitative estimate of drug-likeness (QED) is 0.677. The van der Waals surface area contributed by atoms with Crippen molar-refractivity contribution in [2.24, 2.45) is 0 Å². The number of allylic oxidation sites excluding steroid dienone is 5. The maximum Gasteiger partial charge on any atom is 0.0364 e. The third kappa shape index (κ3) is 3.24. The Morgan fingerprint density at radius 3 is 2.61 bits per heavy atom. The van der Waals surface area contributed by atoms with E-state index in [0.717, 1.165) is 6.42 Å². The van der Waals surface area contributed by atoms with Crippen LogP contribution >= 0.6 is 0 Å². The van der Waals surface area contributed by atoms with Crippen molar-refractivity contribution in [2.75, 3.05) is 0 Å². The van der Waals surface area contributed by atoms with Gasteiger partial charge in [-0.1, -0.05) is 60.7 Å². The van der Waals surface area contributed by atoms with Gasteiger partial charge in [-0.25, -0.2) is 0 Å². The molecule has 0 aromatic heterocycles. The Hall–Kier alpha value is -2.28. The Balaban J connectivity index is 1.87. The molecule has 0 fully saturated rings. The van der Waals surface area contributed by atoms with Crippen LogP contribution in [-0.4, -0.2) is 0 Å². The van der Waals surface area contributed by atoms with Crippen molar-refractivity contribution < 1.29 is 0 Å². The fraction of sp³-hybridized carbons (Fsp3) is 0.273. The van der Waals surface area contributed by atoms with Crippen LogP contribution in [0.4, 0.5) is 0 Å². The van der Waals surface area contributed by atoms with E-state index < -0.39 is 0 Å². The molecule has 3 rings (SSSR count). The van der Waals surface area contributed by atoms with Crippen molar-refractivity contribution >= 4 is 10.8 Å². The Morgan fingerprint density at radius 2 is 1.83 bits per heavy atom. The van der Waals surface area contributed by atoms with Crippen LogP contribution in [0.5, 0.6) is 0 Å². The van der Waals surface area contributed by atoms with E-state index in [1.54, 1.807) is 0 Å². The average molecular weight is 303 g/mol. The first kappa shape index (κ1) is 15.6. The minimum Gasteiger partial charge on any atom is -0.359 e. The van der Waals surface area contributed by atoms with Crippen LogP contribution in [-0.2, 0) is 0 Å². The summed E-state index contributed by atoms with van der Waals surface area (Å²) in [6.45, 7) is 6.33. The van der Waals surface area contributed by atoms with E-state index in [2.05, 4.69) is 86.8 Å². The summed E-state index contributed by atoms with van der Waals surface area (Å²) in [5.74, 6) is 0.507. The number of hydrogen-bond donors (Lipinski definition) is 1. The van der Waals surface area contributed by atoms with Gasteiger partial charge in [0.05, 0.1) is 0 Å². The number of rotatable bonds is 4. The first-order valence-electron chi connectivity index (χ1n) is 8.48. The Labute approximate surface area is 139 Å². The molecule has 0 heterocycles. The summed E-state index contributed by atoms with van der Waals surface area (Å²) >= 11 is 0. The van der Waals surface area contributed by atoms with E-state index in [-0.39, 0.29) is 0 Å². The van der Waals surface area contributed by atoms with E-state index >= 15 is 0 Å². The lowest BCUT2D eigenvalue weighted by molar-refractivity contribution is 0.780. The lowest BCUT2D eigenvalue weighted by atomic mass is 9.93. The highest BCUT2D eigenvalue weighted by atomic mass is 14.9. The third-order valence-electron chi connectivity index (χ3n) is 4.79. The highest BCUT2D eigenvalue weighted by molar-refractivity contribution is 5.86. The van der Waals surface area contributed by atoms with Gasteiger partial charge in [-0.05, 0) is 55.5 Å². The van der Waals surface area contributed by atoms with E-state index in [1.807, 2.05) is 0 Å². The van der Waals surface area contributed by atoms with Crippen LogP contribution in [0, 0.1) is 0 Å². The zero-order valence-electron chi connectivity index (χ0n) is 14.3. The Kier molecular flexibility index (Phi) is 4.66. The van der Waals surface area contributed by atoms with Gasteiger partial charge in [0, 0.05) is 17.3 Å². The van der Waals surface area contributed by atoms with Gasteiger partial charge in [0.25, 0.3) is 0 Å². The van der Waals surface area contributed by atoms with Crippen molar-refractivity contribution in [3.8, 4) is 0 Å². The molecule has 0 bridgehead atoms. The molecule has 1 atom stereocenters. The molecule has 0 radical (unpaired) electrons. The molecule has 1 nitrogen and oxygen atoms in total. The summed E-state index contributed by atoms with van der Waals surface area (Å²) in [6, 6.07) is 15.3. The second-order valence-corrected chi connectivity index (χ2v) is 6.20. The van der Waals surface area contributed by atoms with E-state index in [1.165, 1.54) is 39.7 Å². The van der Waals surface area contributed by atoms with Crippen LogP contribution < -0.4 is 5.32 Å². The van der Waals surface area contributed by atoms with Crippen molar-refractivity contribution in [3.63, 3.8) is 0 Å². The molecule has 1 N–H and O–H groups in total. The molecular weight excluding hydrogens is 278 g/mol. The van der Waals surface area contributed by atoms with Gasteiger partial charge in [-0.3, -0.25) is 0 Å². The highest BCUT2D eigenvalue weighted by Crippen LogP contribution is 2.36. The molecule has 1 unspecified atom stereocenters. The molecule has 1 aliphatic carbocycles. The van der Waals surface area contributed by atoms with Gasteiger partial charge >= 0.3 is 0 Å². The van der Waals surface area contributed by atoms with Crippen molar-refractivity contribution in [1.29, 1.82) is 0 Å². The highest BCUT2D eigenvalue weighted by Gasteiger charge is 2.19. The van der Waals surface area contributed by atoms with Gasteiger partial charge in [0.2, 0.25) is 0 Å². The zero-order valence-corrected chi connectivity index (χ0v) is 14.3. The predicted molar refractivity (Wildman–Crippen MR) is 100 cm³/mol. The van der Waals surface area contributed by atoms with Crippen LogP contribution in [0.3, 0.4) is 0 Å². The molecule has 1 aliphatic rings. The molecule has 23 heavy (non-hydrogen) atoms. The normalized spacial score (nSPS) is 19.1. The smallest absolute Gasteiger partial charge is 0.0364 e. The molecule has 0 saturated carbocycles. The largest absolute Gasteiger partial charge is 0.359 e. The predicted octanol–water partition coefficient (Wildman–Crippen LogP) is 6.06. The molecule has 0 spiro atoms. The monoisotopic (exact) mass is 303 g/mol. The lowest BCUT2D eigenvalue weighted by Gasteiger charge is -2.12. The second-order valence-electron chi connectivity index (χ2n) is 6.20. The molecule has 2 aromatic carbocycles. The second kappa shape index (κ2) is 6.87. The van der Waals surface area contributed by atoms with Gasteiger partial charge in [-0.2, -0.15) is 0 Å². The molecule has 118 valence electrons. The molecule has 2 aromatic rings. The maximum atomic E-state index is 3.62. The topological polar surface area (TPSA) is 12.0 Å². The first-order chi connectivity index (χ1) is 11.2. The summed E-state index contributed by atoms with van der Waals surface area (Å²) < 4.78 is 0. The SMILES string of the molecule is C/C=C(C)\C(=C/C)NC1=CC(c2cccc3ccccc23)CC1. The van der Waals surface area contributed by atoms with Crippen molar-refractivity contribution in [2.45, 2.75) is 39.5 Å². The zero-order chi connectivity index (χ0) is 16.2. The maximum absolute atomic E-state index is 3.62. The van der Waals surface area contributed by atoms with Crippen molar-refractivity contribution in [3.05, 3.63) is 83.2 Å². The average Bonchev–Trinajstić information content (AvgIpc) is 3.07. The molecule has 0 saturated heterocycles. The number of nitrogens with one attached hydrogen (secondary N) is 1. The Morgan fingerprint density at radius 1 is 1.04 bits per heavy atom. The van der Waals surface area contributed by atoms with Crippen LogP contribution in [0.1, 0.15) is 45.1 Å². The molecule has 1 heteroatoms. The van der Waals surface area contributed by atoms with Gasteiger partial charge in [0.15, 0.2) is 0 Å². The standard InChI is InChI=1S/C22H25N/c1-4-16(3)22(5-2)23-19-14-13-18(15-19)21-12-8-10-17-9-6-7-11-20(17)21/h4-12,15,18,23H,13-14H2,1-3H3/b16-4-,22-5+. The van der Waals surface area contributed by atoms with Gasteiger partial charge in [0.1, 0.15) is 0 Å². The number of fused-ring (bicyclic) bond motifs is 1.